The number of rotatable bonds is 4. The zero-order chi connectivity index (χ0) is 13.1. The molecule has 1 N–H and O–H groups in total. The highest BCUT2D eigenvalue weighted by Crippen LogP contribution is 2.08. The SMILES string of the molecule is CN(CC(=O)N1CCOCC1CO)S(C)(=O)=O. The molecule has 1 unspecified atom stereocenters. The molecule has 1 aliphatic heterocycles. The van der Waals surface area contributed by atoms with Gasteiger partial charge in [-0.15, -0.1) is 0 Å². The highest BCUT2D eigenvalue weighted by Gasteiger charge is 2.28. The molecule has 0 aliphatic carbocycles. The maximum Gasteiger partial charge on any atom is 0.238 e. The monoisotopic (exact) mass is 266 g/mol. The van der Waals surface area contributed by atoms with Crippen molar-refractivity contribution in [2.45, 2.75) is 6.04 Å². The van der Waals surface area contributed by atoms with Gasteiger partial charge in [0.1, 0.15) is 0 Å². The molecule has 0 spiro atoms. The third-order valence-electron chi connectivity index (χ3n) is 2.68. The van der Waals surface area contributed by atoms with Crippen molar-refractivity contribution in [3.63, 3.8) is 0 Å². The van der Waals surface area contributed by atoms with Crippen molar-refractivity contribution in [1.29, 1.82) is 0 Å². The zero-order valence-corrected chi connectivity index (χ0v) is 10.8. The second-order valence-corrected chi connectivity index (χ2v) is 6.11. The van der Waals surface area contributed by atoms with Gasteiger partial charge in [-0.3, -0.25) is 4.79 Å². The van der Waals surface area contributed by atoms with E-state index in [0.29, 0.717) is 13.2 Å². The number of nitrogens with zero attached hydrogens (tertiary/aromatic N) is 2. The van der Waals surface area contributed by atoms with E-state index in [0.717, 1.165) is 10.6 Å². The van der Waals surface area contributed by atoms with Crippen LogP contribution in [0, 0.1) is 0 Å². The predicted molar refractivity (Wildman–Crippen MR) is 60.9 cm³/mol. The number of hydrogen-bond acceptors (Lipinski definition) is 5. The molecule has 1 atom stereocenters. The van der Waals surface area contributed by atoms with E-state index in [2.05, 4.69) is 0 Å². The highest BCUT2D eigenvalue weighted by atomic mass is 32.2. The summed E-state index contributed by atoms with van der Waals surface area (Å²) >= 11 is 0. The molecule has 7 nitrogen and oxygen atoms in total. The van der Waals surface area contributed by atoms with Crippen LogP contribution < -0.4 is 0 Å². The summed E-state index contributed by atoms with van der Waals surface area (Å²) in [6.45, 7) is 0.668. The van der Waals surface area contributed by atoms with E-state index in [1.54, 1.807) is 0 Å². The number of carbonyl (C=O) groups is 1. The van der Waals surface area contributed by atoms with Gasteiger partial charge in [-0.05, 0) is 0 Å². The third-order valence-corrected chi connectivity index (χ3v) is 3.94. The summed E-state index contributed by atoms with van der Waals surface area (Å²) < 4.78 is 28.5. The third kappa shape index (κ3) is 3.91. The minimum atomic E-state index is -3.37. The fourth-order valence-corrected chi connectivity index (χ4v) is 1.88. The summed E-state index contributed by atoms with van der Waals surface area (Å²) in [7, 11) is -2.02. The summed E-state index contributed by atoms with van der Waals surface area (Å²) in [5.41, 5.74) is 0. The number of hydrogen-bond donors (Lipinski definition) is 1. The Morgan fingerprint density at radius 2 is 2.24 bits per heavy atom. The molecule has 1 fully saturated rings. The maximum absolute atomic E-state index is 11.9. The van der Waals surface area contributed by atoms with Crippen LogP contribution in [-0.2, 0) is 19.6 Å². The molecule has 0 aromatic carbocycles. The van der Waals surface area contributed by atoms with Crippen LogP contribution in [0.4, 0.5) is 0 Å². The van der Waals surface area contributed by atoms with Gasteiger partial charge in [0.25, 0.3) is 0 Å². The molecule has 0 saturated carbocycles. The molecule has 8 heteroatoms. The highest BCUT2D eigenvalue weighted by molar-refractivity contribution is 7.88. The summed E-state index contributed by atoms with van der Waals surface area (Å²) in [4.78, 5) is 13.3. The Hall–Kier alpha value is -0.700. The number of aliphatic hydroxyl groups excluding tert-OH is 1. The largest absolute Gasteiger partial charge is 0.394 e. The van der Waals surface area contributed by atoms with E-state index in [4.69, 9.17) is 9.84 Å². The Morgan fingerprint density at radius 1 is 1.59 bits per heavy atom. The van der Waals surface area contributed by atoms with Crippen LogP contribution >= 0.6 is 0 Å². The number of likely N-dealkylation sites (N-methyl/N-ethyl adjacent to an activating group) is 1. The van der Waals surface area contributed by atoms with Crippen molar-refractivity contribution in [3.8, 4) is 0 Å². The van der Waals surface area contributed by atoms with E-state index in [9.17, 15) is 13.2 Å². The Balaban J connectivity index is 2.62. The summed E-state index contributed by atoms with van der Waals surface area (Å²) in [5.74, 6) is -0.319. The fraction of sp³-hybridized carbons (Fsp3) is 0.889. The van der Waals surface area contributed by atoms with E-state index in [1.807, 2.05) is 0 Å². The normalized spacial score (nSPS) is 21.9. The predicted octanol–water partition coefficient (Wildman–Crippen LogP) is -1.90. The lowest BCUT2D eigenvalue weighted by Crippen LogP contribution is -2.53. The van der Waals surface area contributed by atoms with Crippen LogP contribution in [0.15, 0.2) is 0 Å². The summed E-state index contributed by atoms with van der Waals surface area (Å²) in [6.07, 6.45) is 1.04. The number of carbonyl (C=O) groups excluding carboxylic acids is 1. The van der Waals surface area contributed by atoms with E-state index < -0.39 is 10.0 Å². The first-order valence-electron chi connectivity index (χ1n) is 5.25. The zero-order valence-electron chi connectivity index (χ0n) is 10.00. The molecule has 0 aromatic heterocycles. The molecule has 1 heterocycles. The molecular formula is C9H18N2O5S. The molecule has 1 aliphatic rings. The number of amides is 1. The average Bonchev–Trinajstić information content (AvgIpc) is 2.27. The summed E-state index contributed by atoms with van der Waals surface area (Å²) in [5, 5.41) is 9.10. The van der Waals surface area contributed by atoms with Gasteiger partial charge in [0.2, 0.25) is 15.9 Å². The minimum absolute atomic E-state index is 0.186. The molecule has 1 amide bonds. The summed E-state index contributed by atoms with van der Waals surface area (Å²) in [6, 6.07) is -0.385. The second-order valence-electron chi connectivity index (χ2n) is 4.02. The van der Waals surface area contributed by atoms with Gasteiger partial charge in [-0.25, -0.2) is 8.42 Å². The van der Waals surface area contributed by atoms with Crippen molar-refractivity contribution < 1.29 is 23.1 Å². The lowest BCUT2D eigenvalue weighted by atomic mass is 10.2. The topological polar surface area (TPSA) is 87.2 Å². The Labute approximate surface area is 101 Å². The molecular weight excluding hydrogens is 248 g/mol. The van der Waals surface area contributed by atoms with Gasteiger partial charge >= 0.3 is 0 Å². The smallest absolute Gasteiger partial charge is 0.238 e. The van der Waals surface area contributed by atoms with Crippen molar-refractivity contribution in [1.82, 2.24) is 9.21 Å². The molecule has 0 aromatic rings. The van der Waals surface area contributed by atoms with Crippen molar-refractivity contribution in [2.24, 2.45) is 0 Å². The first-order chi connectivity index (χ1) is 7.86. The van der Waals surface area contributed by atoms with Crippen molar-refractivity contribution in [2.75, 3.05) is 46.2 Å². The van der Waals surface area contributed by atoms with Crippen LogP contribution in [0.25, 0.3) is 0 Å². The minimum Gasteiger partial charge on any atom is -0.394 e. The first-order valence-corrected chi connectivity index (χ1v) is 7.10. The van der Waals surface area contributed by atoms with Crippen molar-refractivity contribution >= 4 is 15.9 Å². The quantitative estimate of drug-likeness (QED) is 0.642. The van der Waals surface area contributed by atoms with Crippen LogP contribution in [0.5, 0.6) is 0 Å². The molecule has 0 radical (unpaired) electrons. The number of ether oxygens (including phenoxy) is 1. The lowest BCUT2D eigenvalue weighted by Gasteiger charge is -2.35. The van der Waals surface area contributed by atoms with Gasteiger partial charge in [0.05, 0.1) is 38.7 Å². The number of morpholine rings is 1. The maximum atomic E-state index is 11.9. The van der Waals surface area contributed by atoms with Crippen LogP contribution in [0.3, 0.4) is 0 Å². The Kier molecular flexibility index (Phi) is 4.87. The molecule has 17 heavy (non-hydrogen) atoms. The fourth-order valence-electron chi connectivity index (χ4n) is 1.53. The van der Waals surface area contributed by atoms with Crippen molar-refractivity contribution in [3.05, 3.63) is 0 Å². The van der Waals surface area contributed by atoms with E-state index >= 15 is 0 Å². The van der Waals surface area contributed by atoms with Crippen LogP contribution in [-0.4, -0.2) is 80.9 Å². The molecule has 0 bridgehead atoms. The van der Waals surface area contributed by atoms with Gasteiger partial charge in [-0.1, -0.05) is 0 Å². The van der Waals surface area contributed by atoms with E-state index in [1.165, 1.54) is 11.9 Å². The van der Waals surface area contributed by atoms with Gasteiger partial charge in [0, 0.05) is 13.6 Å². The van der Waals surface area contributed by atoms with Crippen LogP contribution in [0.1, 0.15) is 0 Å². The number of aliphatic hydroxyl groups is 1. The Bertz CT molecular complexity index is 370. The van der Waals surface area contributed by atoms with Gasteiger partial charge in [-0.2, -0.15) is 4.31 Å². The van der Waals surface area contributed by atoms with E-state index in [-0.39, 0.29) is 31.7 Å². The number of sulfonamides is 1. The molecule has 1 rings (SSSR count). The van der Waals surface area contributed by atoms with Gasteiger partial charge in [0.15, 0.2) is 0 Å². The molecule has 1 saturated heterocycles. The van der Waals surface area contributed by atoms with Crippen LogP contribution in [0.2, 0.25) is 0 Å². The average molecular weight is 266 g/mol. The molecule has 100 valence electrons. The first kappa shape index (κ1) is 14.4. The second kappa shape index (κ2) is 5.76. The standard InChI is InChI=1S/C9H18N2O5S/c1-10(17(2,14)15)5-9(13)11-3-4-16-7-8(11)6-12/h8,12H,3-7H2,1-2H3. The Morgan fingerprint density at radius 3 is 2.76 bits per heavy atom. The van der Waals surface area contributed by atoms with Gasteiger partial charge < -0.3 is 14.7 Å². The lowest BCUT2D eigenvalue weighted by molar-refractivity contribution is -0.141.